The molecule has 1 amide bonds. The number of nitrogens with one attached hydrogen (secondary N) is 1. The van der Waals surface area contributed by atoms with Crippen molar-refractivity contribution in [3.63, 3.8) is 0 Å². The Morgan fingerprint density at radius 1 is 1.46 bits per heavy atom. The largest absolute Gasteiger partial charge is 0.483 e. The Morgan fingerprint density at radius 3 is 2.77 bits per heavy atom. The van der Waals surface area contributed by atoms with E-state index in [-0.39, 0.29) is 18.4 Å². The molecule has 0 aromatic carbocycles. The van der Waals surface area contributed by atoms with Crippen molar-refractivity contribution in [2.24, 2.45) is 0 Å². The van der Waals surface area contributed by atoms with Crippen molar-refractivity contribution in [3.05, 3.63) is 47.6 Å². The van der Waals surface area contributed by atoms with Crippen LogP contribution >= 0.6 is 0 Å². The Bertz CT molecular complexity index is 684. The Morgan fingerprint density at radius 2 is 2.19 bits per heavy atom. The van der Waals surface area contributed by atoms with E-state index in [1.54, 1.807) is 12.4 Å². The minimum absolute atomic E-state index is 0.0191. The molecule has 1 fully saturated rings. The lowest BCUT2D eigenvalue weighted by Crippen LogP contribution is -2.39. The zero-order valence-corrected chi connectivity index (χ0v) is 14.8. The van der Waals surface area contributed by atoms with Crippen LogP contribution in [0.25, 0.3) is 0 Å². The maximum Gasteiger partial charge on any atom is 0.290 e. The van der Waals surface area contributed by atoms with Gasteiger partial charge in [0.1, 0.15) is 6.04 Å². The average Bonchev–Trinajstić information content (AvgIpc) is 3.34. The number of carbonyl (C=O) groups excluding carboxylic acids is 1. The molecule has 8 heteroatoms. The fourth-order valence-corrected chi connectivity index (χ4v) is 2.94. The van der Waals surface area contributed by atoms with Gasteiger partial charge < -0.3 is 14.9 Å². The van der Waals surface area contributed by atoms with Gasteiger partial charge in [-0.15, -0.1) is 0 Å². The van der Waals surface area contributed by atoms with E-state index in [0.29, 0.717) is 12.3 Å². The number of aromatic nitrogens is 2. The molecule has 26 heavy (non-hydrogen) atoms. The molecule has 0 bridgehead atoms. The van der Waals surface area contributed by atoms with Gasteiger partial charge in [0.15, 0.2) is 5.76 Å². The van der Waals surface area contributed by atoms with Crippen LogP contribution in [0.3, 0.4) is 0 Å². The van der Waals surface area contributed by atoms with Gasteiger partial charge in [-0.25, -0.2) is 0 Å². The molecule has 1 aliphatic rings. The fraction of sp³-hybridized carbons (Fsp3) is 0.444. The molecule has 0 radical (unpaired) electrons. The molecular weight excluding hydrogens is 336 g/mol. The van der Waals surface area contributed by atoms with Gasteiger partial charge in [-0.3, -0.25) is 19.5 Å². The van der Waals surface area contributed by atoms with Crippen molar-refractivity contribution in [2.45, 2.75) is 38.8 Å². The molecule has 1 saturated heterocycles. The van der Waals surface area contributed by atoms with E-state index in [1.165, 1.54) is 0 Å². The van der Waals surface area contributed by atoms with Crippen LogP contribution in [0.15, 0.2) is 35.1 Å². The molecule has 2 N–H and O–H groups in total. The highest BCUT2D eigenvalue weighted by Crippen LogP contribution is 2.24. The summed E-state index contributed by atoms with van der Waals surface area (Å²) in [5.74, 6) is 0.663. The molecule has 140 valence electrons. The maximum atomic E-state index is 12.7. The van der Waals surface area contributed by atoms with E-state index in [0.717, 1.165) is 43.6 Å². The molecular formula is C18H24N4O4. The van der Waals surface area contributed by atoms with Crippen molar-refractivity contribution in [2.75, 3.05) is 13.1 Å². The van der Waals surface area contributed by atoms with Crippen LogP contribution in [0, 0.1) is 0 Å². The predicted molar refractivity (Wildman–Crippen MR) is 94.2 cm³/mol. The molecule has 3 heterocycles. The van der Waals surface area contributed by atoms with Crippen LogP contribution in [0.2, 0.25) is 0 Å². The number of carbonyl (C=O) groups is 2. The second-order valence-electron chi connectivity index (χ2n) is 5.89. The second-order valence-corrected chi connectivity index (χ2v) is 5.89. The van der Waals surface area contributed by atoms with E-state index in [9.17, 15) is 4.79 Å². The number of rotatable bonds is 6. The van der Waals surface area contributed by atoms with E-state index < -0.39 is 0 Å². The van der Waals surface area contributed by atoms with Crippen LogP contribution in [0.5, 0.6) is 0 Å². The van der Waals surface area contributed by atoms with Crippen molar-refractivity contribution in [3.8, 4) is 0 Å². The topological polar surface area (TPSA) is 109 Å². The third-order valence-electron chi connectivity index (χ3n) is 4.16. The van der Waals surface area contributed by atoms with E-state index in [4.69, 9.17) is 14.4 Å². The highest BCUT2D eigenvalue weighted by molar-refractivity contribution is 5.83. The molecule has 8 nitrogen and oxygen atoms in total. The minimum atomic E-state index is -0.292. The monoisotopic (exact) mass is 360 g/mol. The number of pyridine rings is 1. The van der Waals surface area contributed by atoms with E-state index in [2.05, 4.69) is 20.4 Å². The van der Waals surface area contributed by atoms with Crippen molar-refractivity contribution in [1.82, 2.24) is 20.4 Å². The number of hydrogen-bond acceptors (Lipinski definition) is 6. The van der Waals surface area contributed by atoms with Gasteiger partial charge in [0.25, 0.3) is 6.47 Å². The zero-order chi connectivity index (χ0) is 18.8. The first-order valence-electron chi connectivity index (χ1n) is 8.63. The fourth-order valence-electron chi connectivity index (χ4n) is 2.94. The summed E-state index contributed by atoms with van der Waals surface area (Å²) in [6.45, 7) is 4.01. The first-order chi connectivity index (χ1) is 12.7. The number of amides is 1. The smallest absolute Gasteiger partial charge is 0.290 e. The molecule has 1 unspecified atom stereocenters. The zero-order valence-electron chi connectivity index (χ0n) is 14.8. The summed E-state index contributed by atoms with van der Waals surface area (Å²) in [5, 5.41) is 13.8. The summed E-state index contributed by atoms with van der Waals surface area (Å²) in [6.07, 6.45) is 6.58. The molecule has 0 spiro atoms. The number of carboxylic acid groups (broad SMARTS) is 1. The summed E-state index contributed by atoms with van der Waals surface area (Å²) in [5.41, 5.74) is 1.83. The van der Waals surface area contributed by atoms with Gasteiger partial charge >= 0.3 is 0 Å². The normalized spacial score (nSPS) is 15.0. The van der Waals surface area contributed by atoms with Crippen LogP contribution in [-0.4, -0.2) is 45.6 Å². The Balaban J connectivity index is 0.000000758. The lowest BCUT2D eigenvalue weighted by molar-refractivity contribution is -0.126. The summed E-state index contributed by atoms with van der Waals surface area (Å²) in [6, 6.07) is 5.42. The van der Waals surface area contributed by atoms with Crippen molar-refractivity contribution in [1.29, 1.82) is 0 Å². The maximum absolute atomic E-state index is 12.7. The van der Waals surface area contributed by atoms with Gasteiger partial charge in [0, 0.05) is 18.5 Å². The third kappa shape index (κ3) is 5.38. The quantitative estimate of drug-likeness (QED) is 0.756. The standard InChI is InChI=1S/C17H22N4O2.CH2O2/c1-2-14-10-15(23-20-14)12-19-17(22)16(21-8-3-4-9-21)13-6-5-7-18-11-13;2-1-3/h5-7,10-11,16H,2-4,8-9,12H2,1H3,(H,19,22);1H,(H,2,3). The van der Waals surface area contributed by atoms with Gasteiger partial charge in [-0.05, 0) is 44.0 Å². The highest BCUT2D eigenvalue weighted by atomic mass is 16.5. The molecule has 1 atom stereocenters. The van der Waals surface area contributed by atoms with E-state index in [1.807, 2.05) is 25.1 Å². The Labute approximate surface area is 152 Å². The van der Waals surface area contributed by atoms with Crippen molar-refractivity contribution < 1.29 is 19.2 Å². The van der Waals surface area contributed by atoms with Gasteiger partial charge in [-0.2, -0.15) is 0 Å². The second kappa shape index (κ2) is 10.3. The van der Waals surface area contributed by atoms with Crippen LogP contribution in [-0.2, 0) is 22.6 Å². The van der Waals surface area contributed by atoms with Crippen LogP contribution in [0.4, 0.5) is 0 Å². The van der Waals surface area contributed by atoms with Gasteiger partial charge in [0.05, 0.1) is 12.2 Å². The Hall–Kier alpha value is -2.74. The van der Waals surface area contributed by atoms with Crippen molar-refractivity contribution >= 4 is 12.4 Å². The molecule has 0 saturated carbocycles. The summed E-state index contributed by atoms with van der Waals surface area (Å²) in [7, 11) is 0. The predicted octanol–water partition coefficient (Wildman–Crippen LogP) is 1.79. The molecule has 3 rings (SSSR count). The summed E-state index contributed by atoms with van der Waals surface area (Å²) < 4.78 is 5.23. The lowest BCUT2D eigenvalue weighted by Gasteiger charge is -2.26. The SMILES string of the molecule is CCc1cc(CNC(=O)C(c2cccnc2)N2CCCC2)on1.O=CO. The van der Waals surface area contributed by atoms with E-state index >= 15 is 0 Å². The first kappa shape index (κ1) is 19.6. The molecule has 2 aromatic heterocycles. The third-order valence-corrected chi connectivity index (χ3v) is 4.16. The summed E-state index contributed by atoms with van der Waals surface area (Å²) >= 11 is 0. The number of aryl methyl sites for hydroxylation is 1. The molecule has 0 aliphatic carbocycles. The number of likely N-dealkylation sites (tertiary alicyclic amines) is 1. The summed E-state index contributed by atoms with van der Waals surface area (Å²) in [4.78, 5) is 27.5. The van der Waals surface area contributed by atoms with Crippen LogP contribution in [0.1, 0.15) is 42.8 Å². The van der Waals surface area contributed by atoms with Crippen LogP contribution < -0.4 is 5.32 Å². The van der Waals surface area contributed by atoms with Gasteiger partial charge in [0.2, 0.25) is 5.91 Å². The number of nitrogens with zero attached hydrogens (tertiary/aromatic N) is 3. The molecule has 2 aromatic rings. The first-order valence-corrected chi connectivity index (χ1v) is 8.63. The van der Waals surface area contributed by atoms with Gasteiger partial charge in [-0.1, -0.05) is 18.1 Å². The average molecular weight is 360 g/mol. The highest BCUT2D eigenvalue weighted by Gasteiger charge is 2.29. The Kier molecular flexibility index (Phi) is 7.75. The molecule has 1 aliphatic heterocycles. The number of hydrogen-bond donors (Lipinski definition) is 2. The lowest BCUT2D eigenvalue weighted by atomic mass is 10.1. The minimum Gasteiger partial charge on any atom is -0.483 e.